The van der Waals surface area contributed by atoms with Crippen LogP contribution in [0.3, 0.4) is 0 Å². The van der Waals surface area contributed by atoms with Crippen molar-refractivity contribution in [3.8, 4) is 0 Å². The van der Waals surface area contributed by atoms with Crippen LogP contribution < -0.4 is 10.2 Å². The fourth-order valence-electron chi connectivity index (χ4n) is 5.21. The number of carboxylic acid groups (broad SMARTS) is 1. The van der Waals surface area contributed by atoms with Gasteiger partial charge < -0.3 is 15.3 Å². The number of nitrogens with one attached hydrogen (secondary N) is 1. The van der Waals surface area contributed by atoms with Gasteiger partial charge in [0.1, 0.15) is 5.82 Å². The summed E-state index contributed by atoms with van der Waals surface area (Å²) in [6.45, 7) is 1.88. The molecule has 1 aromatic carbocycles. The Labute approximate surface area is 153 Å². The fourth-order valence-corrected chi connectivity index (χ4v) is 5.21. The smallest absolute Gasteiger partial charge is 0.306 e. The van der Waals surface area contributed by atoms with Crippen LogP contribution in [-0.2, 0) is 11.3 Å². The number of fused-ring (bicyclic) bond motifs is 2. The molecule has 1 aromatic heterocycles. The minimum Gasteiger partial charge on any atom is -0.481 e. The van der Waals surface area contributed by atoms with Crippen LogP contribution in [0.4, 0.5) is 17.2 Å². The molecule has 1 spiro atoms. The minimum absolute atomic E-state index is 0.1000. The van der Waals surface area contributed by atoms with E-state index >= 15 is 0 Å². The lowest BCUT2D eigenvalue weighted by Gasteiger charge is -2.57. The van der Waals surface area contributed by atoms with Gasteiger partial charge in [-0.1, -0.05) is 18.2 Å². The van der Waals surface area contributed by atoms with E-state index < -0.39 is 5.97 Å². The zero-order valence-corrected chi connectivity index (χ0v) is 14.7. The van der Waals surface area contributed by atoms with Crippen molar-refractivity contribution in [2.45, 2.75) is 32.2 Å². The van der Waals surface area contributed by atoms with Crippen LogP contribution in [0.2, 0.25) is 0 Å². The van der Waals surface area contributed by atoms with Crippen molar-refractivity contribution in [1.29, 1.82) is 0 Å². The average Bonchev–Trinajstić information content (AvgIpc) is 2.71. The fraction of sp³-hybridized carbons (Fsp3) is 0.429. The van der Waals surface area contributed by atoms with Crippen LogP contribution in [0.1, 0.15) is 31.2 Å². The highest BCUT2D eigenvalue weighted by atomic mass is 16.4. The van der Waals surface area contributed by atoms with Crippen LogP contribution in [0.15, 0.2) is 42.6 Å². The lowest BCUT2D eigenvalue weighted by atomic mass is 9.48. The summed E-state index contributed by atoms with van der Waals surface area (Å²) in [5, 5.41) is 12.6. The van der Waals surface area contributed by atoms with Crippen molar-refractivity contribution in [2.75, 3.05) is 16.8 Å². The minimum atomic E-state index is -0.615. The Hall–Kier alpha value is -2.56. The van der Waals surface area contributed by atoms with E-state index in [1.54, 1.807) is 0 Å². The molecule has 2 saturated carbocycles. The van der Waals surface area contributed by atoms with E-state index in [2.05, 4.69) is 45.5 Å². The first-order chi connectivity index (χ1) is 12.6. The van der Waals surface area contributed by atoms with Crippen LogP contribution in [-0.4, -0.2) is 22.6 Å². The molecule has 0 saturated heterocycles. The van der Waals surface area contributed by atoms with Crippen LogP contribution in [0.25, 0.3) is 0 Å². The molecule has 2 fully saturated rings. The zero-order valence-electron chi connectivity index (χ0n) is 14.7. The molecule has 5 heteroatoms. The molecule has 2 aliphatic carbocycles. The van der Waals surface area contributed by atoms with Gasteiger partial charge in [-0.3, -0.25) is 4.79 Å². The molecule has 2 N–H and O–H groups in total. The predicted octanol–water partition coefficient (Wildman–Crippen LogP) is 4.04. The Morgan fingerprint density at radius 1 is 1.19 bits per heavy atom. The number of aliphatic carboxylic acids is 1. The number of benzene rings is 1. The van der Waals surface area contributed by atoms with E-state index in [1.807, 2.05) is 12.3 Å². The Bertz CT molecular complexity index is 852. The van der Waals surface area contributed by atoms with E-state index in [1.165, 1.54) is 24.1 Å². The van der Waals surface area contributed by atoms with Gasteiger partial charge in [0.2, 0.25) is 0 Å². The number of hydrogen-bond donors (Lipinski definition) is 2. The summed E-state index contributed by atoms with van der Waals surface area (Å²) < 4.78 is 0. The number of carbonyl (C=O) groups is 1. The number of para-hydroxylation sites is 2. The summed E-state index contributed by atoms with van der Waals surface area (Å²) >= 11 is 0. The topological polar surface area (TPSA) is 65.5 Å². The maximum Gasteiger partial charge on any atom is 0.306 e. The summed E-state index contributed by atoms with van der Waals surface area (Å²) in [5.41, 5.74) is 3.88. The highest BCUT2D eigenvalue weighted by Crippen LogP contribution is 2.61. The van der Waals surface area contributed by atoms with E-state index in [-0.39, 0.29) is 5.92 Å². The summed E-state index contributed by atoms with van der Waals surface area (Å²) in [7, 11) is 0. The van der Waals surface area contributed by atoms with Gasteiger partial charge in [-0.05, 0) is 55.2 Å². The summed E-state index contributed by atoms with van der Waals surface area (Å²) in [6.07, 6.45) is 5.92. The molecule has 1 aliphatic heterocycles. The standard InChI is InChI=1S/C21H23N3O2/c25-20(26)16-10-21(11-16)8-14(9-21)12-24-13-15-4-3-7-22-19(15)23-17-5-1-2-6-18(17)24/h1-7,14,16H,8-13H2,(H,22,23)(H,25,26). The molecule has 3 aliphatic rings. The van der Waals surface area contributed by atoms with Crippen LogP contribution in [0, 0.1) is 17.3 Å². The summed E-state index contributed by atoms with van der Waals surface area (Å²) in [4.78, 5) is 18.0. The number of aromatic nitrogens is 1. The second-order valence-electron chi connectivity index (χ2n) is 8.25. The molecule has 26 heavy (non-hydrogen) atoms. The number of carboxylic acids is 1. The molecule has 0 amide bonds. The van der Waals surface area contributed by atoms with Crippen molar-refractivity contribution < 1.29 is 9.90 Å². The van der Waals surface area contributed by atoms with Crippen molar-refractivity contribution in [2.24, 2.45) is 17.3 Å². The van der Waals surface area contributed by atoms with Gasteiger partial charge >= 0.3 is 5.97 Å². The molecular formula is C21H23N3O2. The molecular weight excluding hydrogens is 326 g/mol. The van der Waals surface area contributed by atoms with Crippen molar-refractivity contribution in [3.05, 3.63) is 48.2 Å². The molecule has 2 aromatic rings. The molecule has 5 nitrogen and oxygen atoms in total. The summed E-state index contributed by atoms with van der Waals surface area (Å²) in [6, 6.07) is 12.6. The van der Waals surface area contributed by atoms with Gasteiger partial charge in [-0.2, -0.15) is 0 Å². The zero-order chi connectivity index (χ0) is 17.7. The third-order valence-electron chi connectivity index (χ3n) is 6.38. The molecule has 2 heterocycles. The number of pyridine rings is 1. The van der Waals surface area contributed by atoms with Gasteiger partial charge in [0.25, 0.3) is 0 Å². The number of rotatable bonds is 3. The van der Waals surface area contributed by atoms with Gasteiger partial charge in [0.05, 0.1) is 17.3 Å². The Morgan fingerprint density at radius 3 is 2.81 bits per heavy atom. The molecule has 0 radical (unpaired) electrons. The van der Waals surface area contributed by atoms with Crippen LogP contribution >= 0.6 is 0 Å². The van der Waals surface area contributed by atoms with Gasteiger partial charge in [0.15, 0.2) is 0 Å². The van der Waals surface area contributed by atoms with Crippen molar-refractivity contribution in [3.63, 3.8) is 0 Å². The maximum absolute atomic E-state index is 11.1. The summed E-state index contributed by atoms with van der Waals surface area (Å²) in [5.74, 6) is 0.875. The molecule has 134 valence electrons. The molecule has 0 unspecified atom stereocenters. The Morgan fingerprint density at radius 2 is 2.00 bits per heavy atom. The van der Waals surface area contributed by atoms with Crippen molar-refractivity contribution in [1.82, 2.24) is 4.98 Å². The van der Waals surface area contributed by atoms with E-state index in [0.29, 0.717) is 11.3 Å². The van der Waals surface area contributed by atoms with Crippen molar-refractivity contribution >= 4 is 23.2 Å². The lowest BCUT2D eigenvalue weighted by Crippen LogP contribution is -2.52. The average molecular weight is 349 g/mol. The number of nitrogens with zero attached hydrogens (tertiary/aromatic N) is 2. The Kier molecular flexibility index (Phi) is 3.45. The van der Waals surface area contributed by atoms with Gasteiger partial charge in [0, 0.05) is 24.8 Å². The predicted molar refractivity (Wildman–Crippen MR) is 101 cm³/mol. The third-order valence-corrected chi connectivity index (χ3v) is 6.38. The van der Waals surface area contributed by atoms with Gasteiger partial charge in [-0.25, -0.2) is 4.98 Å². The SMILES string of the molecule is O=C(O)C1CC2(CC(CN3Cc4cccnc4Nc4ccccc43)C2)C1. The van der Waals surface area contributed by atoms with E-state index in [0.717, 1.165) is 37.4 Å². The lowest BCUT2D eigenvalue weighted by molar-refractivity contribution is -0.157. The molecule has 0 atom stereocenters. The third kappa shape index (κ3) is 2.54. The molecule has 5 rings (SSSR count). The van der Waals surface area contributed by atoms with E-state index in [4.69, 9.17) is 5.11 Å². The maximum atomic E-state index is 11.1. The van der Waals surface area contributed by atoms with Gasteiger partial charge in [-0.15, -0.1) is 0 Å². The number of hydrogen-bond acceptors (Lipinski definition) is 4. The quantitative estimate of drug-likeness (QED) is 0.876. The first kappa shape index (κ1) is 15.7. The van der Waals surface area contributed by atoms with Crippen LogP contribution in [0.5, 0.6) is 0 Å². The normalized spacial score (nSPS) is 28.8. The Balaban J connectivity index is 1.32. The second kappa shape index (κ2) is 5.73. The first-order valence-corrected chi connectivity index (χ1v) is 9.40. The highest BCUT2D eigenvalue weighted by Gasteiger charge is 2.54. The first-order valence-electron chi connectivity index (χ1n) is 9.40. The number of anilines is 3. The monoisotopic (exact) mass is 349 g/mol. The van der Waals surface area contributed by atoms with E-state index in [9.17, 15) is 4.79 Å². The second-order valence-corrected chi connectivity index (χ2v) is 8.25. The highest BCUT2D eigenvalue weighted by molar-refractivity contribution is 5.77. The largest absolute Gasteiger partial charge is 0.481 e. The molecule has 0 bridgehead atoms.